The fourth-order valence-corrected chi connectivity index (χ4v) is 2.17. The third-order valence-electron chi connectivity index (χ3n) is 2.96. The van der Waals surface area contributed by atoms with Gasteiger partial charge in [0, 0.05) is 6.20 Å². The zero-order valence-electron chi connectivity index (χ0n) is 8.56. The number of aromatic nitrogens is 3. The van der Waals surface area contributed by atoms with Gasteiger partial charge < -0.3 is 5.32 Å². The second-order valence-electron chi connectivity index (χ2n) is 3.99. The van der Waals surface area contributed by atoms with Gasteiger partial charge >= 0.3 is 0 Å². The van der Waals surface area contributed by atoms with Gasteiger partial charge in [0.05, 0.1) is 6.04 Å². The van der Waals surface area contributed by atoms with Gasteiger partial charge in [-0.05, 0) is 31.5 Å². The number of hydrogen-bond acceptors (Lipinski definition) is 3. The summed E-state index contributed by atoms with van der Waals surface area (Å²) in [4.78, 5) is 0. The van der Waals surface area contributed by atoms with Crippen LogP contribution in [0.4, 0.5) is 0 Å². The number of pyridine rings is 1. The monoisotopic (exact) mass is 202 g/mol. The number of nitrogens with one attached hydrogen (secondary N) is 1. The van der Waals surface area contributed by atoms with Crippen molar-refractivity contribution < 1.29 is 0 Å². The third-order valence-corrected chi connectivity index (χ3v) is 2.96. The van der Waals surface area contributed by atoms with Crippen LogP contribution in [0.25, 0.3) is 5.65 Å². The maximum atomic E-state index is 4.27. The Kier molecular flexibility index (Phi) is 2.14. The fourth-order valence-electron chi connectivity index (χ4n) is 2.17. The smallest absolute Gasteiger partial charge is 0.160 e. The summed E-state index contributed by atoms with van der Waals surface area (Å²) in [7, 11) is 0. The summed E-state index contributed by atoms with van der Waals surface area (Å²) in [6, 6.07) is 6.36. The number of rotatable bonds is 1. The number of fused-ring (bicyclic) bond motifs is 1. The van der Waals surface area contributed by atoms with Crippen LogP contribution in [-0.2, 0) is 0 Å². The van der Waals surface area contributed by atoms with E-state index in [0.717, 1.165) is 24.4 Å². The molecule has 1 aliphatic rings. The lowest BCUT2D eigenvalue weighted by Crippen LogP contribution is -2.28. The first-order valence-electron chi connectivity index (χ1n) is 5.48. The highest BCUT2D eigenvalue weighted by Gasteiger charge is 2.19. The SMILES string of the molecule is c1ccn2c(C3CCCCN3)nnc2c1. The van der Waals surface area contributed by atoms with Gasteiger partial charge in [0.25, 0.3) is 0 Å². The normalized spacial score (nSPS) is 22.0. The Hall–Kier alpha value is -1.42. The Bertz CT molecular complexity index is 456. The van der Waals surface area contributed by atoms with Crippen LogP contribution in [0.15, 0.2) is 24.4 Å². The predicted molar refractivity (Wildman–Crippen MR) is 57.6 cm³/mol. The molecule has 15 heavy (non-hydrogen) atoms. The summed E-state index contributed by atoms with van der Waals surface area (Å²) < 4.78 is 2.07. The van der Waals surface area contributed by atoms with Gasteiger partial charge in [0.15, 0.2) is 11.5 Å². The quantitative estimate of drug-likeness (QED) is 0.762. The second-order valence-corrected chi connectivity index (χ2v) is 3.99. The average molecular weight is 202 g/mol. The van der Waals surface area contributed by atoms with Crippen LogP contribution in [0.5, 0.6) is 0 Å². The Morgan fingerprint density at radius 2 is 2.27 bits per heavy atom. The Balaban J connectivity index is 2.02. The minimum atomic E-state index is 0.371. The molecule has 3 rings (SSSR count). The Morgan fingerprint density at radius 3 is 3.13 bits per heavy atom. The fraction of sp³-hybridized carbons (Fsp3) is 0.455. The van der Waals surface area contributed by atoms with Crippen LogP contribution in [0.1, 0.15) is 31.1 Å². The van der Waals surface area contributed by atoms with Crippen LogP contribution >= 0.6 is 0 Å². The lowest BCUT2D eigenvalue weighted by molar-refractivity contribution is 0.395. The molecule has 1 fully saturated rings. The maximum Gasteiger partial charge on any atom is 0.160 e. The van der Waals surface area contributed by atoms with Gasteiger partial charge in [-0.15, -0.1) is 10.2 Å². The maximum absolute atomic E-state index is 4.27. The first-order valence-corrected chi connectivity index (χ1v) is 5.48. The molecule has 0 radical (unpaired) electrons. The zero-order valence-corrected chi connectivity index (χ0v) is 8.56. The molecule has 2 aromatic heterocycles. The van der Waals surface area contributed by atoms with Gasteiger partial charge in [-0.2, -0.15) is 0 Å². The van der Waals surface area contributed by atoms with E-state index in [2.05, 4.69) is 19.9 Å². The van der Waals surface area contributed by atoms with Crippen molar-refractivity contribution in [1.82, 2.24) is 19.9 Å². The molecule has 4 heteroatoms. The molecule has 0 aliphatic carbocycles. The van der Waals surface area contributed by atoms with Crippen LogP contribution in [0.3, 0.4) is 0 Å². The summed E-state index contributed by atoms with van der Waals surface area (Å²) in [5, 5.41) is 11.9. The van der Waals surface area contributed by atoms with Crippen LogP contribution in [-0.4, -0.2) is 21.1 Å². The Morgan fingerprint density at radius 1 is 1.27 bits per heavy atom. The first-order chi connectivity index (χ1) is 7.45. The van der Waals surface area contributed by atoms with E-state index in [9.17, 15) is 0 Å². The molecule has 0 amide bonds. The molecular formula is C11H14N4. The van der Waals surface area contributed by atoms with Gasteiger partial charge in [-0.25, -0.2) is 0 Å². The third kappa shape index (κ3) is 1.51. The van der Waals surface area contributed by atoms with Crippen molar-refractivity contribution in [3.05, 3.63) is 30.2 Å². The van der Waals surface area contributed by atoms with E-state index >= 15 is 0 Å². The zero-order chi connectivity index (χ0) is 10.1. The molecule has 1 unspecified atom stereocenters. The summed E-state index contributed by atoms with van der Waals surface area (Å²) in [5.74, 6) is 1.05. The van der Waals surface area contributed by atoms with E-state index in [4.69, 9.17) is 0 Å². The van der Waals surface area contributed by atoms with Crippen molar-refractivity contribution in [2.24, 2.45) is 0 Å². The second kappa shape index (κ2) is 3.62. The van der Waals surface area contributed by atoms with Crippen LogP contribution in [0.2, 0.25) is 0 Å². The molecule has 1 aliphatic heterocycles. The minimum Gasteiger partial charge on any atom is -0.307 e. The lowest BCUT2D eigenvalue weighted by atomic mass is 10.0. The van der Waals surface area contributed by atoms with Crippen molar-refractivity contribution >= 4 is 5.65 Å². The van der Waals surface area contributed by atoms with Crippen LogP contribution < -0.4 is 5.32 Å². The molecule has 0 saturated carbocycles. The Labute approximate surface area is 88.3 Å². The van der Waals surface area contributed by atoms with Crippen molar-refractivity contribution in [2.75, 3.05) is 6.54 Å². The number of piperidine rings is 1. The molecule has 1 N–H and O–H groups in total. The van der Waals surface area contributed by atoms with Crippen molar-refractivity contribution in [2.45, 2.75) is 25.3 Å². The molecule has 1 saturated heterocycles. The van der Waals surface area contributed by atoms with E-state index in [1.807, 2.05) is 24.4 Å². The van der Waals surface area contributed by atoms with Crippen molar-refractivity contribution in [3.63, 3.8) is 0 Å². The van der Waals surface area contributed by atoms with E-state index in [0.29, 0.717) is 6.04 Å². The molecule has 1 atom stereocenters. The summed E-state index contributed by atoms with van der Waals surface area (Å²) in [6.07, 6.45) is 5.74. The highest BCUT2D eigenvalue weighted by Crippen LogP contribution is 2.21. The van der Waals surface area contributed by atoms with E-state index in [1.54, 1.807) is 0 Å². The van der Waals surface area contributed by atoms with Gasteiger partial charge in [0.2, 0.25) is 0 Å². The molecule has 0 aromatic carbocycles. The molecule has 0 bridgehead atoms. The highest BCUT2D eigenvalue weighted by molar-refractivity contribution is 5.37. The molecular weight excluding hydrogens is 188 g/mol. The first kappa shape index (κ1) is 8.85. The van der Waals surface area contributed by atoms with Gasteiger partial charge in [0.1, 0.15) is 0 Å². The van der Waals surface area contributed by atoms with Gasteiger partial charge in [-0.3, -0.25) is 4.40 Å². The van der Waals surface area contributed by atoms with E-state index < -0.39 is 0 Å². The minimum absolute atomic E-state index is 0.371. The van der Waals surface area contributed by atoms with E-state index in [1.165, 1.54) is 12.8 Å². The molecule has 78 valence electrons. The average Bonchev–Trinajstić information content (AvgIpc) is 2.74. The van der Waals surface area contributed by atoms with Crippen molar-refractivity contribution in [1.29, 1.82) is 0 Å². The van der Waals surface area contributed by atoms with Gasteiger partial charge in [-0.1, -0.05) is 12.5 Å². The largest absolute Gasteiger partial charge is 0.307 e. The molecule has 3 heterocycles. The highest BCUT2D eigenvalue weighted by atomic mass is 15.3. The van der Waals surface area contributed by atoms with Crippen LogP contribution in [0, 0.1) is 0 Å². The van der Waals surface area contributed by atoms with E-state index in [-0.39, 0.29) is 0 Å². The topological polar surface area (TPSA) is 42.2 Å². The predicted octanol–water partition coefficient (Wildman–Crippen LogP) is 1.54. The summed E-state index contributed by atoms with van der Waals surface area (Å²) in [6.45, 7) is 1.09. The molecule has 4 nitrogen and oxygen atoms in total. The number of nitrogens with zero attached hydrogens (tertiary/aromatic N) is 3. The molecule has 2 aromatic rings. The standard InChI is InChI=1S/C11H14N4/c1-3-7-12-9(5-1)11-14-13-10-6-2-4-8-15(10)11/h2,4,6,8-9,12H,1,3,5,7H2. The summed E-state index contributed by atoms with van der Waals surface area (Å²) in [5.41, 5.74) is 0.930. The van der Waals surface area contributed by atoms with Crippen molar-refractivity contribution in [3.8, 4) is 0 Å². The molecule has 0 spiro atoms. The number of hydrogen-bond donors (Lipinski definition) is 1. The lowest BCUT2D eigenvalue weighted by Gasteiger charge is -2.21. The summed E-state index contributed by atoms with van der Waals surface area (Å²) >= 11 is 0.